The third-order valence-electron chi connectivity index (χ3n) is 3.34. The van der Waals surface area contributed by atoms with Crippen molar-refractivity contribution in [3.63, 3.8) is 0 Å². The summed E-state index contributed by atoms with van der Waals surface area (Å²) in [7, 11) is -3.59. The predicted molar refractivity (Wildman–Crippen MR) is 81.6 cm³/mol. The minimum Gasteiger partial charge on any atom is -0.384 e. The van der Waals surface area contributed by atoms with E-state index >= 15 is 0 Å². The molecule has 1 amide bonds. The fourth-order valence-corrected chi connectivity index (χ4v) is 3.83. The van der Waals surface area contributed by atoms with Gasteiger partial charge < -0.3 is 10.6 Å². The van der Waals surface area contributed by atoms with E-state index < -0.39 is 10.0 Å². The second-order valence-corrected chi connectivity index (χ2v) is 6.83. The van der Waals surface area contributed by atoms with Crippen molar-refractivity contribution in [2.24, 2.45) is 0 Å². The van der Waals surface area contributed by atoms with Crippen molar-refractivity contribution in [1.29, 1.82) is 0 Å². The zero-order chi connectivity index (χ0) is 15.3. The Kier molecular flexibility index (Phi) is 5.19. The largest absolute Gasteiger partial charge is 0.384 e. The summed E-state index contributed by atoms with van der Waals surface area (Å²) in [4.78, 5) is 11.6. The number of carbonyl (C=O) groups excluding carboxylic acids is 1. The SMILES string of the molecule is CCCNc1ccccc1S(=O)(=O)N1CCNC(=O)CC1. The van der Waals surface area contributed by atoms with E-state index in [1.54, 1.807) is 18.2 Å². The number of nitrogens with one attached hydrogen (secondary N) is 2. The van der Waals surface area contributed by atoms with E-state index in [0.29, 0.717) is 25.3 Å². The molecule has 1 heterocycles. The van der Waals surface area contributed by atoms with Crippen molar-refractivity contribution in [1.82, 2.24) is 9.62 Å². The van der Waals surface area contributed by atoms with Crippen LogP contribution in [-0.4, -0.2) is 44.8 Å². The van der Waals surface area contributed by atoms with Crippen LogP contribution in [0.5, 0.6) is 0 Å². The van der Waals surface area contributed by atoms with Crippen molar-refractivity contribution >= 4 is 21.6 Å². The van der Waals surface area contributed by atoms with Crippen LogP contribution < -0.4 is 10.6 Å². The Balaban J connectivity index is 2.28. The molecule has 7 heteroatoms. The number of hydrogen-bond donors (Lipinski definition) is 2. The lowest BCUT2D eigenvalue weighted by Crippen LogP contribution is -2.34. The van der Waals surface area contributed by atoms with E-state index in [9.17, 15) is 13.2 Å². The molecule has 0 unspecified atom stereocenters. The summed E-state index contributed by atoms with van der Waals surface area (Å²) in [6.07, 6.45) is 1.11. The van der Waals surface area contributed by atoms with E-state index in [1.165, 1.54) is 4.31 Å². The molecule has 0 spiro atoms. The Labute approximate surface area is 125 Å². The number of rotatable bonds is 5. The standard InChI is InChI=1S/C14H21N3O3S/c1-2-8-15-12-5-3-4-6-13(12)21(19,20)17-10-7-14(18)16-9-11-17/h3-6,15H,2,7-11H2,1H3,(H,16,18). The summed E-state index contributed by atoms with van der Waals surface area (Å²) in [5.41, 5.74) is 0.614. The van der Waals surface area contributed by atoms with Crippen LogP contribution in [0.4, 0.5) is 5.69 Å². The number of sulfonamides is 1. The quantitative estimate of drug-likeness (QED) is 0.851. The molecule has 0 aliphatic carbocycles. The highest BCUT2D eigenvalue weighted by Crippen LogP contribution is 2.24. The molecule has 0 saturated carbocycles. The fraction of sp³-hybridized carbons (Fsp3) is 0.500. The first-order valence-corrected chi connectivity index (χ1v) is 8.59. The van der Waals surface area contributed by atoms with Gasteiger partial charge in [0.1, 0.15) is 4.90 Å². The molecule has 2 N–H and O–H groups in total. The van der Waals surface area contributed by atoms with Crippen LogP contribution in [-0.2, 0) is 14.8 Å². The monoisotopic (exact) mass is 311 g/mol. The Morgan fingerprint density at radius 1 is 1.29 bits per heavy atom. The van der Waals surface area contributed by atoms with E-state index in [-0.39, 0.29) is 23.8 Å². The smallest absolute Gasteiger partial charge is 0.245 e. The first kappa shape index (κ1) is 15.8. The van der Waals surface area contributed by atoms with Gasteiger partial charge in [-0.2, -0.15) is 4.31 Å². The highest BCUT2D eigenvalue weighted by molar-refractivity contribution is 7.89. The van der Waals surface area contributed by atoms with Crippen molar-refractivity contribution in [3.05, 3.63) is 24.3 Å². The lowest BCUT2D eigenvalue weighted by Gasteiger charge is -2.21. The first-order chi connectivity index (χ1) is 10.1. The number of hydrogen-bond acceptors (Lipinski definition) is 4. The lowest BCUT2D eigenvalue weighted by molar-refractivity contribution is -0.120. The molecule has 0 atom stereocenters. The Morgan fingerprint density at radius 2 is 2.05 bits per heavy atom. The summed E-state index contributed by atoms with van der Waals surface area (Å²) in [6, 6.07) is 6.90. The highest BCUT2D eigenvalue weighted by atomic mass is 32.2. The van der Waals surface area contributed by atoms with Crippen LogP contribution in [0, 0.1) is 0 Å². The summed E-state index contributed by atoms with van der Waals surface area (Å²) < 4.78 is 26.9. The average Bonchev–Trinajstić information content (AvgIpc) is 2.70. The lowest BCUT2D eigenvalue weighted by atomic mass is 10.3. The molecule has 6 nitrogen and oxygen atoms in total. The molecule has 2 rings (SSSR count). The van der Waals surface area contributed by atoms with Gasteiger partial charge >= 0.3 is 0 Å². The van der Waals surface area contributed by atoms with E-state index in [2.05, 4.69) is 10.6 Å². The van der Waals surface area contributed by atoms with Crippen molar-refractivity contribution in [3.8, 4) is 0 Å². The summed E-state index contributed by atoms with van der Waals surface area (Å²) >= 11 is 0. The number of benzene rings is 1. The molecular weight excluding hydrogens is 290 g/mol. The van der Waals surface area contributed by atoms with Gasteiger partial charge in [-0.05, 0) is 18.6 Å². The Bertz CT molecular complexity index is 601. The molecule has 1 aliphatic heterocycles. The van der Waals surface area contributed by atoms with E-state index in [1.807, 2.05) is 13.0 Å². The molecule has 1 aromatic carbocycles. The normalized spacial score (nSPS) is 17.1. The Hall–Kier alpha value is -1.60. The van der Waals surface area contributed by atoms with Gasteiger partial charge in [0.05, 0.1) is 5.69 Å². The molecule has 21 heavy (non-hydrogen) atoms. The molecule has 0 bridgehead atoms. The molecule has 116 valence electrons. The molecule has 1 aliphatic rings. The zero-order valence-electron chi connectivity index (χ0n) is 12.1. The Morgan fingerprint density at radius 3 is 2.81 bits per heavy atom. The molecule has 0 radical (unpaired) electrons. The van der Waals surface area contributed by atoms with E-state index in [4.69, 9.17) is 0 Å². The minimum atomic E-state index is -3.59. The van der Waals surface area contributed by atoms with E-state index in [0.717, 1.165) is 6.42 Å². The van der Waals surface area contributed by atoms with Gasteiger partial charge in [0.2, 0.25) is 15.9 Å². The van der Waals surface area contributed by atoms with Crippen LogP contribution in [0.2, 0.25) is 0 Å². The van der Waals surface area contributed by atoms with Crippen molar-refractivity contribution in [2.75, 3.05) is 31.5 Å². The summed E-state index contributed by atoms with van der Waals surface area (Å²) in [5, 5.41) is 5.83. The highest BCUT2D eigenvalue weighted by Gasteiger charge is 2.28. The van der Waals surface area contributed by atoms with Crippen molar-refractivity contribution in [2.45, 2.75) is 24.7 Å². The van der Waals surface area contributed by atoms with Crippen LogP contribution in [0.1, 0.15) is 19.8 Å². The number of amides is 1. The maximum atomic E-state index is 12.8. The molecule has 1 saturated heterocycles. The maximum absolute atomic E-state index is 12.8. The average molecular weight is 311 g/mol. The zero-order valence-corrected chi connectivity index (χ0v) is 12.9. The minimum absolute atomic E-state index is 0.106. The molecular formula is C14H21N3O3S. The van der Waals surface area contributed by atoms with Gasteiger partial charge in [-0.25, -0.2) is 8.42 Å². The van der Waals surface area contributed by atoms with Crippen LogP contribution in [0.15, 0.2) is 29.2 Å². The number of carbonyl (C=O) groups is 1. The third-order valence-corrected chi connectivity index (χ3v) is 5.30. The van der Waals surface area contributed by atoms with Gasteiger partial charge in [-0.15, -0.1) is 0 Å². The number of nitrogens with zero attached hydrogens (tertiary/aromatic N) is 1. The summed E-state index contributed by atoms with van der Waals surface area (Å²) in [5.74, 6) is -0.106. The topological polar surface area (TPSA) is 78.5 Å². The summed E-state index contributed by atoms with van der Waals surface area (Å²) in [6.45, 7) is 3.61. The van der Waals surface area contributed by atoms with Crippen LogP contribution in [0.25, 0.3) is 0 Å². The van der Waals surface area contributed by atoms with Gasteiger partial charge in [-0.3, -0.25) is 4.79 Å². The number of anilines is 1. The van der Waals surface area contributed by atoms with Gasteiger partial charge in [0.15, 0.2) is 0 Å². The van der Waals surface area contributed by atoms with Gasteiger partial charge in [0.25, 0.3) is 0 Å². The first-order valence-electron chi connectivity index (χ1n) is 7.15. The molecule has 0 aromatic heterocycles. The fourth-order valence-electron chi connectivity index (χ4n) is 2.22. The van der Waals surface area contributed by atoms with Gasteiger partial charge in [-0.1, -0.05) is 19.1 Å². The van der Waals surface area contributed by atoms with Crippen LogP contribution >= 0.6 is 0 Å². The maximum Gasteiger partial charge on any atom is 0.245 e. The predicted octanol–water partition coefficient (Wildman–Crippen LogP) is 1.02. The van der Waals surface area contributed by atoms with Crippen molar-refractivity contribution < 1.29 is 13.2 Å². The molecule has 1 fully saturated rings. The second kappa shape index (κ2) is 6.91. The second-order valence-electron chi connectivity index (χ2n) is 4.93. The van der Waals surface area contributed by atoms with Crippen LogP contribution in [0.3, 0.4) is 0 Å². The van der Waals surface area contributed by atoms with Gasteiger partial charge in [0, 0.05) is 32.6 Å². The number of para-hydroxylation sites is 1. The molecule has 1 aromatic rings. The third kappa shape index (κ3) is 3.74.